The van der Waals surface area contributed by atoms with Gasteiger partial charge in [-0.25, -0.2) is 4.99 Å². The number of aliphatic imine (C=N–C) groups is 2. The van der Waals surface area contributed by atoms with Gasteiger partial charge in [0.25, 0.3) is 0 Å². The molecule has 1 aliphatic heterocycles. The topological polar surface area (TPSA) is 37.6 Å². The lowest BCUT2D eigenvalue weighted by atomic mass is 9.70. The van der Waals surface area contributed by atoms with E-state index < -0.39 is 5.41 Å². The molecule has 0 N–H and O–H groups in total. The van der Waals surface area contributed by atoms with Gasteiger partial charge in [-0.05, 0) is 94.3 Å². The average molecular weight is 620 g/mol. The van der Waals surface area contributed by atoms with Gasteiger partial charge in [-0.2, -0.15) is 0 Å². The first-order valence-electron chi connectivity index (χ1n) is 17.1. The molecule has 2 atom stereocenters. The summed E-state index contributed by atoms with van der Waals surface area (Å²) < 4.78 is 0. The first-order valence-corrected chi connectivity index (χ1v) is 17.1. The Morgan fingerprint density at radius 3 is 1.85 bits per heavy atom. The van der Waals surface area contributed by atoms with Crippen molar-refractivity contribution in [2.45, 2.75) is 45.1 Å². The number of aromatic nitrogens is 1. The Balaban J connectivity index is 1.35. The Labute approximate surface area is 282 Å². The van der Waals surface area contributed by atoms with E-state index in [4.69, 9.17) is 15.0 Å². The van der Waals surface area contributed by atoms with E-state index in [2.05, 4.69) is 154 Å². The molecule has 2 unspecified atom stereocenters. The van der Waals surface area contributed by atoms with Crippen LogP contribution in [0.4, 0.5) is 0 Å². The fourth-order valence-corrected chi connectivity index (χ4v) is 8.68. The summed E-state index contributed by atoms with van der Waals surface area (Å²) in [6.45, 7) is 6.52. The molecular weight excluding hydrogens is 583 g/mol. The summed E-state index contributed by atoms with van der Waals surface area (Å²) in [7, 11) is 0. The number of rotatable bonds is 3. The van der Waals surface area contributed by atoms with E-state index in [0.29, 0.717) is 5.92 Å². The smallest absolute Gasteiger partial charge is 0.156 e. The molecule has 3 aliphatic rings. The number of hydrogen-bond acceptors (Lipinski definition) is 3. The Morgan fingerprint density at radius 1 is 0.583 bits per heavy atom. The highest BCUT2D eigenvalue weighted by atomic mass is 15.0. The minimum atomic E-state index is -0.409. The molecule has 0 saturated heterocycles. The van der Waals surface area contributed by atoms with Crippen LogP contribution in [0.5, 0.6) is 0 Å². The molecular formula is C45H37N3. The molecule has 232 valence electrons. The molecule has 0 radical (unpaired) electrons. The average Bonchev–Trinajstić information content (AvgIpc) is 3.59. The minimum absolute atomic E-state index is 0.0523. The molecule has 2 aliphatic carbocycles. The van der Waals surface area contributed by atoms with E-state index in [0.717, 1.165) is 46.9 Å². The number of aryl methyl sites for hydroxylation is 2. The van der Waals surface area contributed by atoms with Gasteiger partial charge in [-0.3, -0.25) is 9.98 Å². The fraction of sp³-hybridized carbons (Fsp3) is 0.178. The molecule has 3 nitrogen and oxygen atoms in total. The first-order chi connectivity index (χ1) is 23.6. The fourth-order valence-electron chi connectivity index (χ4n) is 8.68. The number of benzene rings is 5. The van der Waals surface area contributed by atoms with Gasteiger partial charge in [0.1, 0.15) is 0 Å². The highest BCUT2D eigenvalue weighted by molar-refractivity contribution is 6.16. The number of pyridine rings is 1. The second kappa shape index (κ2) is 11.1. The SMILES string of the molecule is Cc1ccc(C2N=C(c3cccc4c3-c3ccccc3C43c4ccccc4-c4ccccc43)N=C(c3ccccc3)CCC2C)c(C)n1. The third kappa shape index (κ3) is 4.17. The van der Waals surface area contributed by atoms with Crippen LogP contribution in [0.3, 0.4) is 0 Å². The van der Waals surface area contributed by atoms with Crippen LogP contribution in [-0.4, -0.2) is 16.5 Å². The Hall–Kier alpha value is -5.41. The number of fused-ring (bicyclic) bond motifs is 10. The van der Waals surface area contributed by atoms with Gasteiger partial charge < -0.3 is 0 Å². The predicted octanol–water partition coefficient (Wildman–Crippen LogP) is 10.4. The summed E-state index contributed by atoms with van der Waals surface area (Å²) in [6, 6.07) is 48.7. The Bertz CT molecular complexity index is 2250. The van der Waals surface area contributed by atoms with Crippen molar-refractivity contribution in [3.63, 3.8) is 0 Å². The maximum absolute atomic E-state index is 5.67. The van der Waals surface area contributed by atoms with Crippen LogP contribution in [0.2, 0.25) is 0 Å². The van der Waals surface area contributed by atoms with E-state index in [9.17, 15) is 0 Å². The second-order valence-electron chi connectivity index (χ2n) is 13.6. The third-order valence-corrected chi connectivity index (χ3v) is 10.8. The van der Waals surface area contributed by atoms with Gasteiger partial charge in [0.05, 0.1) is 17.2 Å². The monoisotopic (exact) mass is 619 g/mol. The number of hydrogen-bond donors (Lipinski definition) is 0. The molecule has 48 heavy (non-hydrogen) atoms. The van der Waals surface area contributed by atoms with Gasteiger partial charge in [-0.15, -0.1) is 0 Å². The highest BCUT2D eigenvalue weighted by Crippen LogP contribution is 2.63. The van der Waals surface area contributed by atoms with E-state index in [1.165, 1.54) is 50.1 Å². The van der Waals surface area contributed by atoms with Gasteiger partial charge in [-0.1, -0.05) is 134 Å². The molecule has 0 fully saturated rings. The van der Waals surface area contributed by atoms with Crippen molar-refractivity contribution in [3.05, 3.63) is 184 Å². The molecule has 9 rings (SSSR count). The van der Waals surface area contributed by atoms with Gasteiger partial charge >= 0.3 is 0 Å². The predicted molar refractivity (Wildman–Crippen MR) is 197 cm³/mol. The van der Waals surface area contributed by atoms with Crippen LogP contribution in [-0.2, 0) is 5.41 Å². The van der Waals surface area contributed by atoms with Gasteiger partial charge in [0.15, 0.2) is 5.84 Å². The molecule has 3 heteroatoms. The lowest BCUT2D eigenvalue weighted by Crippen LogP contribution is -2.26. The van der Waals surface area contributed by atoms with Crippen LogP contribution >= 0.6 is 0 Å². The molecule has 6 aromatic rings. The standard InChI is InChI=1S/C45H37N3/c1-28-24-27-41(31-14-5-4-6-15-31)47-44(48-43(28)32-26-25-29(2)46-30(32)3)36-19-13-23-40-42(36)35-18-9-12-22-39(35)45(40)37-20-10-7-16-33(37)34-17-8-11-21-38(34)45/h4-23,25-26,28,43H,24,27H2,1-3H3. The molecule has 1 aromatic heterocycles. The Kier molecular flexibility index (Phi) is 6.65. The van der Waals surface area contributed by atoms with Gasteiger partial charge in [0.2, 0.25) is 0 Å². The minimum Gasteiger partial charge on any atom is -0.258 e. The maximum atomic E-state index is 5.67. The van der Waals surface area contributed by atoms with Crippen LogP contribution in [0.1, 0.15) is 76.1 Å². The lowest BCUT2D eigenvalue weighted by Gasteiger charge is -2.30. The van der Waals surface area contributed by atoms with Crippen molar-refractivity contribution in [2.24, 2.45) is 15.9 Å². The van der Waals surface area contributed by atoms with Gasteiger partial charge in [0, 0.05) is 17.0 Å². The summed E-state index contributed by atoms with van der Waals surface area (Å²) in [5.41, 5.74) is 16.6. The van der Waals surface area contributed by atoms with Crippen LogP contribution in [0.25, 0.3) is 22.3 Å². The summed E-state index contributed by atoms with van der Waals surface area (Å²) in [4.78, 5) is 16.1. The number of nitrogens with zero attached hydrogens (tertiary/aromatic N) is 3. The van der Waals surface area contributed by atoms with Crippen LogP contribution < -0.4 is 0 Å². The maximum Gasteiger partial charge on any atom is 0.156 e. The van der Waals surface area contributed by atoms with Crippen molar-refractivity contribution in [1.29, 1.82) is 0 Å². The first kappa shape index (κ1) is 28.8. The van der Waals surface area contributed by atoms with Crippen molar-refractivity contribution in [1.82, 2.24) is 4.98 Å². The van der Waals surface area contributed by atoms with E-state index in [-0.39, 0.29) is 6.04 Å². The second-order valence-corrected chi connectivity index (χ2v) is 13.6. The zero-order valence-electron chi connectivity index (χ0n) is 27.6. The van der Waals surface area contributed by atoms with E-state index in [1.807, 2.05) is 0 Å². The molecule has 1 spiro atoms. The van der Waals surface area contributed by atoms with Crippen molar-refractivity contribution in [2.75, 3.05) is 0 Å². The summed E-state index contributed by atoms with van der Waals surface area (Å²) in [5, 5.41) is 0. The van der Waals surface area contributed by atoms with Crippen molar-refractivity contribution < 1.29 is 0 Å². The van der Waals surface area contributed by atoms with E-state index >= 15 is 0 Å². The normalized spacial score (nSPS) is 18.6. The Morgan fingerprint density at radius 2 is 1.17 bits per heavy atom. The van der Waals surface area contributed by atoms with Crippen molar-refractivity contribution >= 4 is 11.5 Å². The summed E-state index contributed by atoms with van der Waals surface area (Å²) in [5.74, 6) is 1.11. The highest BCUT2D eigenvalue weighted by Gasteiger charge is 2.52. The molecule has 5 aromatic carbocycles. The zero-order chi connectivity index (χ0) is 32.4. The van der Waals surface area contributed by atoms with E-state index in [1.54, 1.807) is 0 Å². The summed E-state index contributed by atoms with van der Waals surface area (Å²) in [6.07, 6.45) is 1.88. The molecule has 0 amide bonds. The lowest BCUT2D eigenvalue weighted by molar-refractivity contribution is 0.444. The molecule has 0 bridgehead atoms. The van der Waals surface area contributed by atoms with Crippen molar-refractivity contribution in [3.8, 4) is 22.3 Å². The zero-order valence-corrected chi connectivity index (χ0v) is 27.6. The third-order valence-electron chi connectivity index (χ3n) is 10.8. The quantitative estimate of drug-likeness (QED) is 0.194. The molecule has 2 heterocycles. The van der Waals surface area contributed by atoms with Crippen LogP contribution in [0.15, 0.2) is 143 Å². The van der Waals surface area contributed by atoms with Crippen LogP contribution in [0, 0.1) is 19.8 Å². The largest absolute Gasteiger partial charge is 0.258 e. The summed E-state index contributed by atoms with van der Waals surface area (Å²) >= 11 is 0. The molecule has 0 saturated carbocycles. The number of amidine groups is 1.